The molecule has 56 heavy (non-hydrogen) atoms. The average molecular weight is 870 g/mol. The van der Waals surface area contributed by atoms with Crippen LogP contribution in [0, 0.1) is 11.5 Å². The number of hydrogen-bond donors (Lipinski definition) is 0. The van der Waals surface area contributed by atoms with E-state index < -0.39 is 8.07 Å². The molecule has 0 bridgehead atoms. The quantitative estimate of drug-likeness (QED) is 0.214. The Bertz CT molecular complexity index is 1600. The maximum Gasteiger partial charge on any atom is 4.00 e. The molecule has 0 unspecified atom stereocenters. The number of benzene rings is 3. The fraction of sp³-hybridized carbons (Fsp3) is 0.569. The molecule has 0 atom stereocenters. The Hall–Kier alpha value is -1.06. The maximum absolute atomic E-state index is 3.99. The second-order valence-corrected chi connectivity index (χ2v) is 27.0. The molecule has 3 aromatic carbocycles. The van der Waals surface area contributed by atoms with E-state index in [4.69, 9.17) is 0 Å². The Kier molecular flexibility index (Phi) is 17.5. The van der Waals surface area contributed by atoms with Crippen LogP contribution in [-0.2, 0) is 54.2 Å². The Morgan fingerprint density at radius 2 is 0.571 bits per heavy atom. The summed E-state index contributed by atoms with van der Waals surface area (Å²) in [7, 11) is -3.06. The molecule has 0 saturated heterocycles. The molecule has 0 spiro atoms. The molecule has 0 radical (unpaired) electrons. The van der Waals surface area contributed by atoms with Crippen LogP contribution in [-0.4, -0.2) is 8.07 Å². The van der Waals surface area contributed by atoms with Crippen molar-refractivity contribution in [3.05, 3.63) is 111 Å². The van der Waals surface area contributed by atoms with Crippen LogP contribution in [0.4, 0.5) is 0 Å². The van der Waals surface area contributed by atoms with Crippen LogP contribution in [0.1, 0.15) is 185 Å². The van der Waals surface area contributed by atoms with Gasteiger partial charge in [-0.2, -0.15) is 11.3 Å². The van der Waals surface area contributed by atoms with Gasteiger partial charge in [0.25, 0.3) is 0 Å². The summed E-state index contributed by atoms with van der Waals surface area (Å²) < 4.78 is 0. The van der Waals surface area contributed by atoms with Crippen LogP contribution < -0.4 is 52.8 Å². The molecule has 4 rings (SSSR count). The zero-order valence-corrected chi connectivity index (χ0v) is 43.9. The molecule has 0 fully saturated rings. The molecular weight excluding hydrogens is 795 g/mol. The molecule has 308 valence electrons. The summed E-state index contributed by atoms with van der Waals surface area (Å²) in [5.41, 5.74) is 9.78. The van der Waals surface area contributed by atoms with Gasteiger partial charge in [-0.15, -0.1) is 6.42 Å². The first-order valence-corrected chi connectivity index (χ1v) is 22.0. The number of hydrogen-bond acceptors (Lipinski definition) is 0. The van der Waals surface area contributed by atoms with Crippen molar-refractivity contribution in [2.45, 2.75) is 184 Å². The van der Waals surface area contributed by atoms with E-state index in [0.717, 1.165) is 6.42 Å². The van der Waals surface area contributed by atoms with Gasteiger partial charge in [0.2, 0.25) is 0 Å². The average Bonchev–Trinajstić information content (AvgIpc) is 3.46. The predicted octanol–water partition coefficient (Wildman–Crippen LogP) is 3.60. The summed E-state index contributed by atoms with van der Waals surface area (Å²) in [5, 5.41) is 6.03. The minimum Gasteiger partial charge on any atom is -1.00 e. The standard InChI is InChI=1S/C51H75Si.3ClH.Ti/c1-45(2,3)34-25-35(46(4,5)6)29-40(28-34)52(44-24-22-23-43(44)51(19,20)21,41-30-36(47(7,8)9)26-37(31-41)48(10,11)12)42-32-38(49(13,14)15)27-39(33-42)50(16,17)18;;;;/h24-33H,22H2,1-21H3;3*1H;/q-1;;;;+4/p-3. The van der Waals surface area contributed by atoms with E-state index in [1.54, 1.807) is 0 Å². The van der Waals surface area contributed by atoms with Crippen LogP contribution >= 0.6 is 0 Å². The van der Waals surface area contributed by atoms with Gasteiger partial charge in [-0.25, -0.2) is 5.57 Å². The number of allylic oxidation sites excluding steroid dienone is 4. The third kappa shape index (κ3) is 11.6. The van der Waals surface area contributed by atoms with Gasteiger partial charge in [0.1, 0.15) is 0 Å². The van der Waals surface area contributed by atoms with Crippen molar-refractivity contribution in [3.63, 3.8) is 0 Å². The van der Waals surface area contributed by atoms with E-state index in [9.17, 15) is 0 Å². The molecule has 0 aromatic heterocycles. The molecular formula is C51H75Cl3SiTi. The van der Waals surface area contributed by atoms with Crippen LogP contribution in [0.25, 0.3) is 0 Å². The van der Waals surface area contributed by atoms with Gasteiger partial charge >= 0.3 is 21.7 Å². The van der Waals surface area contributed by atoms with Crippen molar-refractivity contribution in [2.24, 2.45) is 5.41 Å². The van der Waals surface area contributed by atoms with Gasteiger partial charge < -0.3 is 37.2 Å². The number of rotatable bonds is 4. The monoisotopic (exact) mass is 868 g/mol. The van der Waals surface area contributed by atoms with Gasteiger partial charge in [-0.05, 0) is 71.3 Å². The van der Waals surface area contributed by atoms with Gasteiger partial charge in [0, 0.05) is 0 Å². The van der Waals surface area contributed by atoms with Crippen LogP contribution in [0.3, 0.4) is 0 Å². The largest absolute Gasteiger partial charge is 4.00 e. The minimum absolute atomic E-state index is 0. The van der Waals surface area contributed by atoms with E-state index in [-0.39, 0.29) is 96.8 Å². The van der Waals surface area contributed by atoms with Gasteiger partial charge in [-0.3, -0.25) is 6.08 Å². The molecule has 0 saturated carbocycles. The maximum atomic E-state index is 3.99. The van der Waals surface area contributed by atoms with Gasteiger partial charge in [0.15, 0.2) is 0 Å². The third-order valence-electron chi connectivity index (χ3n) is 11.3. The summed E-state index contributed by atoms with van der Waals surface area (Å²) in [6, 6.07) is 23.4. The Balaban J connectivity index is 0.00000756. The fourth-order valence-electron chi connectivity index (χ4n) is 7.56. The zero-order valence-electron chi connectivity index (χ0n) is 39.1. The normalized spacial score (nSPS) is 14.4. The topological polar surface area (TPSA) is 0 Å². The van der Waals surface area contributed by atoms with E-state index >= 15 is 0 Å². The van der Waals surface area contributed by atoms with E-state index in [1.807, 2.05) is 0 Å². The Morgan fingerprint density at radius 1 is 0.357 bits per heavy atom. The molecule has 0 aliphatic heterocycles. The van der Waals surface area contributed by atoms with Gasteiger partial charge in [0.05, 0.1) is 8.07 Å². The molecule has 0 heterocycles. The summed E-state index contributed by atoms with van der Waals surface area (Å²) in [6.45, 7) is 50.2. The number of halogens is 3. The third-order valence-corrected chi connectivity index (χ3v) is 16.0. The predicted molar refractivity (Wildman–Crippen MR) is 235 cm³/mol. The van der Waals surface area contributed by atoms with Crippen molar-refractivity contribution in [3.8, 4) is 0 Å². The van der Waals surface area contributed by atoms with E-state index in [0.29, 0.717) is 0 Å². The molecule has 3 aromatic rings. The van der Waals surface area contributed by atoms with Crippen LogP contribution in [0.2, 0.25) is 0 Å². The van der Waals surface area contributed by atoms with Crippen molar-refractivity contribution >= 4 is 23.6 Å². The first-order valence-electron chi connectivity index (χ1n) is 20.0. The molecule has 1 aliphatic rings. The van der Waals surface area contributed by atoms with E-state index in [1.165, 1.54) is 59.7 Å². The minimum atomic E-state index is -3.06. The first-order chi connectivity index (χ1) is 23.2. The molecule has 0 nitrogen and oxygen atoms in total. The summed E-state index contributed by atoms with van der Waals surface area (Å²) in [6.07, 6.45) is 7.44. The summed E-state index contributed by atoms with van der Waals surface area (Å²) in [4.78, 5) is 0. The van der Waals surface area contributed by atoms with Crippen molar-refractivity contribution in [1.29, 1.82) is 0 Å². The SMILES string of the molecule is CC(C)(C)C1=[C-]CC=C1[Si](c1cc(C(C)(C)C)cc(C(C)(C)C)c1)(c1cc(C(C)(C)C)cc(C(C)(C)C)c1)c1cc(C(C)(C)C)cc(C(C)(C)C)c1.[Cl-].[Cl-].[Cl-].[Ti+4]. The van der Waals surface area contributed by atoms with E-state index in [2.05, 4.69) is 212 Å². The Morgan fingerprint density at radius 3 is 0.750 bits per heavy atom. The summed E-state index contributed by atoms with van der Waals surface area (Å²) in [5.74, 6) is 0. The second-order valence-electron chi connectivity index (χ2n) is 23.3. The fourth-order valence-corrected chi connectivity index (χ4v) is 13.0. The molecule has 0 N–H and O–H groups in total. The van der Waals surface area contributed by atoms with Crippen molar-refractivity contribution < 1.29 is 58.9 Å². The zero-order chi connectivity index (χ0) is 39.8. The van der Waals surface area contributed by atoms with Gasteiger partial charge in [-0.1, -0.05) is 216 Å². The molecule has 1 aliphatic carbocycles. The van der Waals surface area contributed by atoms with Crippen LogP contribution in [0.15, 0.2) is 71.4 Å². The van der Waals surface area contributed by atoms with Crippen molar-refractivity contribution in [2.75, 3.05) is 0 Å². The first kappa shape index (κ1) is 54.9. The smallest absolute Gasteiger partial charge is 1.00 e. The van der Waals surface area contributed by atoms with Crippen molar-refractivity contribution in [1.82, 2.24) is 0 Å². The van der Waals surface area contributed by atoms with Crippen LogP contribution in [0.5, 0.6) is 0 Å². The summed E-state index contributed by atoms with van der Waals surface area (Å²) >= 11 is 0. The Labute approximate surface area is 380 Å². The molecule has 0 amide bonds. The second kappa shape index (κ2) is 17.9. The molecule has 5 heteroatoms.